The summed E-state index contributed by atoms with van der Waals surface area (Å²) in [5.74, 6) is -0.498. The normalized spacial score (nSPS) is 15.0. The quantitative estimate of drug-likeness (QED) is 0.848. The molecule has 0 radical (unpaired) electrons. The van der Waals surface area contributed by atoms with Gasteiger partial charge in [0.1, 0.15) is 5.82 Å². The minimum Gasteiger partial charge on any atom is -0.366 e. The second-order valence-corrected chi connectivity index (χ2v) is 8.71. The Balaban J connectivity index is 1.80. The maximum absolute atomic E-state index is 14.0. The van der Waals surface area contributed by atoms with E-state index in [1.807, 2.05) is 4.90 Å². The molecule has 1 amide bonds. The summed E-state index contributed by atoms with van der Waals surface area (Å²) in [4.78, 5) is 16.7. The second kappa shape index (κ2) is 7.89. The SMILES string of the molecule is CNS(=O)(=O)c1cc(C(=O)N2CCN(c3ccccc3F)CC2)cc(C)c1C. The molecule has 150 valence electrons. The molecular weight excluding hydrogens is 381 g/mol. The van der Waals surface area contributed by atoms with Gasteiger partial charge >= 0.3 is 0 Å². The maximum Gasteiger partial charge on any atom is 0.254 e. The summed E-state index contributed by atoms with van der Waals surface area (Å²) < 4.78 is 40.8. The molecule has 0 spiro atoms. The lowest BCUT2D eigenvalue weighted by Crippen LogP contribution is -2.49. The van der Waals surface area contributed by atoms with Crippen molar-refractivity contribution in [2.24, 2.45) is 0 Å². The van der Waals surface area contributed by atoms with Crippen molar-refractivity contribution in [1.82, 2.24) is 9.62 Å². The Labute approximate surface area is 165 Å². The van der Waals surface area contributed by atoms with Crippen LogP contribution in [0.15, 0.2) is 41.3 Å². The Kier molecular flexibility index (Phi) is 5.71. The predicted molar refractivity (Wildman–Crippen MR) is 107 cm³/mol. The Morgan fingerprint density at radius 1 is 1.07 bits per heavy atom. The van der Waals surface area contributed by atoms with Gasteiger partial charge in [-0.25, -0.2) is 17.5 Å². The standard InChI is InChI=1S/C20H24FN3O3S/c1-14-12-16(13-19(15(14)2)28(26,27)22-3)20(25)24-10-8-23(9-11-24)18-7-5-4-6-17(18)21/h4-7,12-13,22H,8-11H2,1-3H3. The summed E-state index contributed by atoms with van der Waals surface area (Å²) in [6.45, 7) is 5.42. The van der Waals surface area contributed by atoms with E-state index in [9.17, 15) is 17.6 Å². The highest BCUT2D eigenvalue weighted by atomic mass is 32.2. The summed E-state index contributed by atoms with van der Waals surface area (Å²) in [6.07, 6.45) is 0. The Morgan fingerprint density at radius 3 is 2.32 bits per heavy atom. The number of hydrogen-bond donors (Lipinski definition) is 1. The van der Waals surface area contributed by atoms with Crippen LogP contribution in [0.4, 0.5) is 10.1 Å². The van der Waals surface area contributed by atoms with Crippen LogP contribution in [0.2, 0.25) is 0 Å². The van der Waals surface area contributed by atoms with E-state index in [-0.39, 0.29) is 16.6 Å². The molecule has 1 fully saturated rings. The lowest BCUT2D eigenvalue weighted by atomic mass is 10.0. The van der Waals surface area contributed by atoms with E-state index < -0.39 is 10.0 Å². The second-order valence-electron chi connectivity index (χ2n) is 6.85. The Morgan fingerprint density at radius 2 is 1.71 bits per heavy atom. The molecular formula is C20H24FN3O3S. The number of piperazine rings is 1. The fraction of sp³-hybridized carbons (Fsp3) is 0.350. The molecule has 0 aromatic heterocycles. The average molecular weight is 405 g/mol. The zero-order valence-corrected chi connectivity index (χ0v) is 17.0. The first-order valence-electron chi connectivity index (χ1n) is 9.08. The summed E-state index contributed by atoms with van der Waals surface area (Å²) in [7, 11) is -2.31. The predicted octanol–water partition coefficient (Wildman–Crippen LogP) is 2.31. The minimum atomic E-state index is -3.66. The van der Waals surface area contributed by atoms with Crippen LogP contribution in [0, 0.1) is 19.7 Å². The number of aryl methyl sites for hydroxylation is 1. The lowest BCUT2D eigenvalue weighted by Gasteiger charge is -2.36. The van der Waals surface area contributed by atoms with Gasteiger partial charge in [0, 0.05) is 31.7 Å². The van der Waals surface area contributed by atoms with Gasteiger partial charge in [-0.2, -0.15) is 0 Å². The molecule has 2 aromatic rings. The van der Waals surface area contributed by atoms with Crippen LogP contribution in [0.25, 0.3) is 0 Å². The average Bonchev–Trinajstić information content (AvgIpc) is 2.69. The molecule has 0 saturated carbocycles. The molecule has 0 unspecified atom stereocenters. The molecule has 2 aromatic carbocycles. The molecule has 1 saturated heterocycles. The van der Waals surface area contributed by atoms with E-state index in [0.29, 0.717) is 43.0 Å². The van der Waals surface area contributed by atoms with Crippen LogP contribution in [0.1, 0.15) is 21.5 Å². The molecule has 0 atom stereocenters. The number of carbonyl (C=O) groups is 1. The third-order valence-corrected chi connectivity index (χ3v) is 6.73. The highest BCUT2D eigenvalue weighted by molar-refractivity contribution is 7.89. The first kappa shape index (κ1) is 20.3. The van der Waals surface area contributed by atoms with Crippen LogP contribution >= 0.6 is 0 Å². The van der Waals surface area contributed by atoms with Crippen molar-refractivity contribution in [2.45, 2.75) is 18.7 Å². The Hall–Kier alpha value is -2.45. The fourth-order valence-electron chi connectivity index (χ4n) is 3.38. The van der Waals surface area contributed by atoms with Gasteiger partial charge in [0.05, 0.1) is 10.6 Å². The number of sulfonamides is 1. The summed E-state index contributed by atoms with van der Waals surface area (Å²) in [6, 6.07) is 9.73. The number of nitrogens with zero attached hydrogens (tertiary/aromatic N) is 2. The van der Waals surface area contributed by atoms with E-state index in [0.717, 1.165) is 5.56 Å². The van der Waals surface area contributed by atoms with Crippen molar-refractivity contribution >= 4 is 21.6 Å². The molecule has 1 aliphatic heterocycles. The fourth-order valence-corrected chi connectivity index (χ4v) is 4.45. The molecule has 28 heavy (non-hydrogen) atoms. The van der Waals surface area contributed by atoms with E-state index >= 15 is 0 Å². The number of nitrogens with one attached hydrogen (secondary N) is 1. The zero-order valence-electron chi connectivity index (χ0n) is 16.2. The number of anilines is 1. The van der Waals surface area contributed by atoms with E-state index in [2.05, 4.69) is 4.72 Å². The van der Waals surface area contributed by atoms with E-state index in [4.69, 9.17) is 0 Å². The van der Waals surface area contributed by atoms with Crippen molar-refractivity contribution in [3.63, 3.8) is 0 Å². The van der Waals surface area contributed by atoms with Gasteiger partial charge < -0.3 is 9.80 Å². The summed E-state index contributed by atoms with van der Waals surface area (Å²) in [5.41, 5.74) is 2.24. The molecule has 0 bridgehead atoms. The number of carbonyl (C=O) groups excluding carboxylic acids is 1. The van der Waals surface area contributed by atoms with Crippen molar-refractivity contribution in [3.8, 4) is 0 Å². The number of rotatable bonds is 4. The summed E-state index contributed by atoms with van der Waals surface area (Å²) >= 11 is 0. The lowest BCUT2D eigenvalue weighted by molar-refractivity contribution is 0.0746. The molecule has 8 heteroatoms. The number of para-hydroxylation sites is 1. The molecule has 3 rings (SSSR count). The molecule has 1 heterocycles. The van der Waals surface area contributed by atoms with Crippen LogP contribution in [-0.2, 0) is 10.0 Å². The zero-order chi connectivity index (χ0) is 20.5. The van der Waals surface area contributed by atoms with Gasteiger partial charge in [0.15, 0.2) is 0 Å². The first-order valence-corrected chi connectivity index (χ1v) is 10.6. The van der Waals surface area contributed by atoms with Crippen molar-refractivity contribution in [1.29, 1.82) is 0 Å². The van der Waals surface area contributed by atoms with Crippen LogP contribution in [0.3, 0.4) is 0 Å². The van der Waals surface area contributed by atoms with Gasteiger partial charge in [0.2, 0.25) is 10.0 Å². The number of amides is 1. The number of benzene rings is 2. The molecule has 6 nitrogen and oxygen atoms in total. The monoisotopic (exact) mass is 405 g/mol. The maximum atomic E-state index is 14.0. The van der Waals surface area contributed by atoms with Crippen molar-refractivity contribution in [2.75, 3.05) is 38.1 Å². The highest BCUT2D eigenvalue weighted by Crippen LogP contribution is 2.24. The van der Waals surface area contributed by atoms with Gasteiger partial charge in [0.25, 0.3) is 5.91 Å². The number of halogens is 1. The molecule has 0 aliphatic carbocycles. The minimum absolute atomic E-state index is 0.114. The number of hydrogen-bond acceptors (Lipinski definition) is 4. The third kappa shape index (κ3) is 3.88. The van der Waals surface area contributed by atoms with Crippen molar-refractivity contribution in [3.05, 3.63) is 58.9 Å². The van der Waals surface area contributed by atoms with Gasteiger partial charge in [-0.3, -0.25) is 4.79 Å². The van der Waals surface area contributed by atoms with Gasteiger partial charge in [-0.15, -0.1) is 0 Å². The van der Waals surface area contributed by atoms with Crippen LogP contribution < -0.4 is 9.62 Å². The molecule has 1 N–H and O–H groups in total. The summed E-state index contributed by atoms with van der Waals surface area (Å²) in [5, 5.41) is 0. The van der Waals surface area contributed by atoms with Gasteiger partial charge in [-0.05, 0) is 56.3 Å². The van der Waals surface area contributed by atoms with E-state index in [1.165, 1.54) is 19.2 Å². The highest BCUT2D eigenvalue weighted by Gasteiger charge is 2.26. The van der Waals surface area contributed by atoms with E-state index in [1.54, 1.807) is 43.0 Å². The smallest absolute Gasteiger partial charge is 0.254 e. The topological polar surface area (TPSA) is 69.7 Å². The third-order valence-electron chi connectivity index (χ3n) is 5.18. The van der Waals surface area contributed by atoms with Crippen molar-refractivity contribution < 1.29 is 17.6 Å². The largest absolute Gasteiger partial charge is 0.366 e. The van der Waals surface area contributed by atoms with Crippen LogP contribution in [-0.4, -0.2) is 52.5 Å². The first-order chi connectivity index (χ1) is 13.2. The Bertz CT molecular complexity index is 1000. The molecule has 1 aliphatic rings. The van der Waals surface area contributed by atoms with Crippen LogP contribution in [0.5, 0.6) is 0 Å². The van der Waals surface area contributed by atoms with Gasteiger partial charge in [-0.1, -0.05) is 12.1 Å².